The third-order valence-corrected chi connectivity index (χ3v) is 3.34. The zero-order valence-electron chi connectivity index (χ0n) is 8.81. The number of halogens is 1. The van der Waals surface area contributed by atoms with Crippen LogP contribution in [0.4, 0.5) is 0 Å². The van der Waals surface area contributed by atoms with Crippen LogP contribution in [-0.2, 0) is 4.74 Å². The maximum Gasteiger partial charge on any atom is 0.170 e. The number of thioether (sulfide) groups is 1. The van der Waals surface area contributed by atoms with Gasteiger partial charge in [-0.3, -0.25) is 0 Å². The second-order valence-electron chi connectivity index (χ2n) is 2.97. The fourth-order valence-electron chi connectivity index (χ4n) is 1.07. The number of nitrogens with zero attached hydrogens (tertiary/aromatic N) is 1. The van der Waals surface area contributed by atoms with Crippen molar-refractivity contribution in [1.29, 1.82) is 0 Å². The molecule has 0 unspecified atom stereocenters. The summed E-state index contributed by atoms with van der Waals surface area (Å²) in [5, 5.41) is 12.0. The van der Waals surface area contributed by atoms with Crippen LogP contribution >= 0.6 is 23.4 Å². The molecule has 0 saturated heterocycles. The number of rotatable bonds is 5. The van der Waals surface area contributed by atoms with E-state index in [1.54, 1.807) is 31.0 Å². The predicted molar refractivity (Wildman–Crippen MR) is 66.6 cm³/mol. The molecular weight excluding hydrogens is 248 g/mol. The Morgan fingerprint density at radius 3 is 2.94 bits per heavy atom. The molecule has 0 atom stereocenters. The van der Waals surface area contributed by atoms with Gasteiger partial charge in [-0.15, -0.1) is 11.8 Å². The van der Waals surface area contributed by atoms with Gasteiger partial charge >= 0.3 is 0 Å². The average Bonchev–Trinajstić information content (AvgIpc) is 2.30. The summed E-state index contributed by atoms with van der Waals surface area (Å²) >= 11 is 7.66. The molecule has 0 amide bonds. The van der Waals surface area contributed by atoms with E-state index in [-0.39, 0.29) is 5.84 Å². The van der Waals surface area contributed by atoms with Gasteiger partial charge in [0.1, 0.15) is 0 Å². The Morgan fingerprint density at radius 1 is 1.62 bits per heavy atom. The molecule has 88 valence electrons. The minimum absolute atomic E-state index is 0.0512. The fraction of sp³-hybridized carbons (Fsp3) is 0.300. The van der Waals surface area contributed by atoms with Gasteiger partial charge in [-0.05, 0) is 18.2 Å². The van der Waals surface area contributed by atoms with Crippen LogP contribution in [0.25, 0.3) is 0 Å². The van der Waals surface area contributed by atoms with Crippen LogP contribution in [0, 0.1) is 0 Å². The van der Waals surface area contributed by atoms with Crippen molar-refractivity contribution in [2.24, 2.45) is 10.9 Å². The first-order valence-corrected chi connectivity index (χ1v) is 5.94. The van der Waals surface area contributed by atoms with Crippen molar-refractivity contribution < 1.29 is 9.94 Å². The molecule has 1 aromatic rings. The normalized spacial score (nSPS) is 11.8. The van der Waals surface area contributed by atoms with Gasteiger partial charge in [-0.1, -0.05) is 16.8 Å². The number of oxime groups is 1. The molecule has 6 heteroatoms. The molecule has 0 saturated carbocycles. The number of hydrogen-bond acceptors (Lipinski definition) is 4. The second kappa shape index (κ2) is 6.62. The van der Waals surface area contributed by atoms with E-state index in [9.17, 15) is 0 Å². The highest BCUT2D eigenvalue weighted by Crippen LogP contribution is 2.27. The van der Waals surface area contributed by atoms with E-state index in [4.69, 9.17) is 27.3 Å². The molecule has 16 heavy (non-hydrogen) atoms. The topological polar surface area (TPSA) is 67.8 Å². The van der Waals surface area contributed by atoms with Crippen LogP contribution in [-0.4, -0.2) is 30.5 Å². The molecule has 1 aromatic carbocycles. The maximum atomic E-state index is 8.52. The highest BCUT2D eigenvalue weighted by molar-refractivity contribution is 7.99. The van der Waals surface area contributed by atoms with Crippen LogP contribution in [0.1, 0.15) is 5.56 Å². The zero-order chi connectivity index (χ0) is 12.0. The molecule has 0 radical (unpaired) electrons. The highest BCUT2D eigenvalue weighted by atomic mass is 35.5. The Bertz CT molecular complexity index is 385. The quantitative estimate of drug-likeness (QED) is 0.213. The summed E-state index contributed by atoms with van der Waals surface area (Å²) in [7, 11) is 1.66. The Balaban J connectivity index is 2.75. The molecule has 0 fully saturated rings. The standard InChI is InChI=1S/C10H13ClN2O2S/c1-15-4-5-16-9-3-2-7(6-8(9)11)10(12)13-14/h2-3,6,14H,4-5H2,1H3,(H2,12,13). The number of benzene rings is 1. The first kappa shape index (κ1) is 13.2. The van der Waals surface area contributed by atoms with Crippen molar-refractivity contribution in [3.63, 3.8) is 0 Å². The first-order chi connectivity index (χ1) is 7.69. The Morgan fingerprint density at radius 2 is 2.38 bits per heavy atom. The number of ether oxygens (including phenoxy) is 1. The molecule has 0 heterocycles. The van der Waals surface area contributed by atoms with Crippen molar-refractivity contribution in [1.82, 2.24) is 0 Å². The van der Waals surface area contributed by atoms with Crippen molar-refractivity contribution in [2.75, 3.05) is 19.5 Å². The monoisotopic (exact) mass is 260 g/mol. The molecule has 0 bridgehead atoms. The summed E-state index contributed by atoms with van der Waals surface area (Å²) in [5.74, 6) is 0.884. The Labute approximate surface area is 103 Å². The van der Waals surface area contributed by atoms with E-state index in [1.807, 2.05) is 6.07 Å². The van der Waals surface area contributed by atoms with Crippen LogP contribution < -0.4 is 5.73 Å². The van der Waals surface area contributed by atoms with Gasteiger partial charge in [0.15, 0.2) is 5.84 Å². The zero-order valence-corrected chi connectivity index (χ0v) is 10.4. The van der Waals surface area contributed by atoms with E-state index in [2.05, 4.69) is 5.16 Å². The first-order valence-electron chi connectivity index (χ1n) is 4.58. The van der Waals surface area contributed by atoms with E-state index in [0.717, 1.165) is 10.6 Å². The smallest absolute Gasteiger partial charge is 0.170 e. The number of hydrogen-bond donors (Lipinski definition) is 2. The van der Waals surface area contributed by atoms with Crippen molar-refractivity contribution in [3.8, 4) is 0 Å². The van der Waals surface area contributed by atoms with E-state index >= 15 is 0 Å². The number of amidine groups is 1. The van der Waals surface area contributed by atoms with Crippen LogP contribution in [0.3, 0.4) is 0 Å². The van der Waals surface area contributed by atoms with Crippen molar-refractivity contribution in [3.05, 3.63) is 28.8 Å². The lowest BCUT2D eigenvalue weighted by Crippen LogP contribution is -2.12. The fourth-order valence-corrected chi connectivity index (χ4v) is 2.25. The largest absolute Gasteiger partial charge is 0.409 e. The Kier molecular flexibility index (Phi) is 5.45. The highest BCUT2D eigenvalue weighted by Gasteiger charge is 2.05. The molecule has 1 rings (SSSR count). The van der Waals surface area contributed by atoms with E-state index in [0.29, 0.717) is 17.2 Å². The summed E-state index contributed by atoms with van der Waals surface area (Å²) in [6.07, 6.45) is 0. The van der Waals surface area contributed by atoms with E-state index < -0.39 is 0 Å². The van der Waals surface area contributed by atoms with Gasteiger partial charge < -0.3 is 15.7 Å². The summed E-state index contributed by atoms with van der Waals surface area (Å²) < 4.78 is 4.95. The SMILES string of the molecule is COCCSc1ccc(C(N)=NO)cc1Cl. The number of nitrogens with two attached hydrogens (primary N) is 1. The summed E-state index contributed by atoms with van der Waals surface area (Å²) in [6, 6.07) is 5.28. The Hall–Kier alpha value is -0.910. The lowest BCUT2D eigenvalue weighted by atomic mass is 10.2. The van der Waals surface area contributed by atoms with Gasteiger partial charge in [0.2, 0.25) is 0 Å². The van der Waals surface area contributed by atoms with Gasteiger partial charge in [-0.25, -0.2) is 0 Å². The lowest BCUT2D eigenvalue weighted by molar-refractivity contribution is 0.218. The third kappa shape index (κ3) is 3.59. The van der Waals surface area contributed by atoms with Crippen LogP contribution in [0.2, 0.25) is 5.02 Å². The molecule has 4 nitrogen and oxygen atoms in total. The van der Waals surface area contributed by atoms with Gasteiger partial charge in [0, 0.05) is 23.3 Å². The summed E-state index contributed by atoms with van der Waals surface area (Å²) in [4.78, 5) is 0.952. The maximum absolute atomic E-state index is 8.52. The predicted octanol–water partition coefficient (Wildman–Crippen LogP) is 2.17. The van der Waals surface area contributed by atoms with Crippen molar-refractivity contribution >= 4 is 29.2 Å². The molecular formula is C10H13ClN2O2S. The van der Waals surface area contributed by atoms with E-state index in [1.165, 1.54) is 0 Å². The molecule has 0 aliphatic heterocycles. The summed E-state index contributed by atoms with van der Waals surface area (Å²) in [6.45, 7) is 0.670. The molecule has 0 aliphatic rings. The molecule has 0 spiro atoms. The molecule has 3 N–H and O–H groups in total. The average molecular weight is 261 g/mol. The molecule has 0 aliphatic carbocycles. The van der Waals surface area contributed by atoms with Gasteiger partial charge in [-0.2, -0.15) is 0 Å². The lowest BCUT2D eigenvalue weighted by Gasteiger charge is -2.05. The third-order valence-electron chi connectivity index (χ3n) is 1.88. The summed E-state index contributed by atoms with van der Waals surface area (Å²) in [5.41, 5.74) is 6.05. The number of methoxy groups -OCH3 is 1. The van der Waals surface area contributed by atoms with Crippen LogP contribution in [0.5, 0.6) is 0 Å². The van der Waals surface area contributed by atoms with Gasteiger partial charge in [0.05, 0.1) is 11.6 Å². The second-order valence-corrected chi connectivity index (χ2v) is 4.52. The van der Waals surface area contributed by atoms with Crippen LogP contribution in [0.15, 0.2) is 28.3 Å². The van der Waals surface area contributed by atoms with Gasteiger partial charge in [0.25, 0.3) is 0 Å². The minimum Gasteiger partial charge on any atom is -0.409 e. The van der Waals surface area contributed by atoms with Crippen molar-refractivity contribution in [2.45, 2.75) is 4.90 Å². The minimum atomic E-state index is 0.0512. The molecule has 0 aromatic heterocycles.